The van der Waals surface area contributed by atoms with Gasteiger partial charge in [0.2, 0.25) is 0 Å². The third kappa shape index (κ3) is 2.62. The maximum Gasteiger partial charge on any atom is 0.267 e. The van der Waals surface area contributed by atoms with E-state index in [4.69, 9.17) is 10.6 Å². The molecule has 0 aliphatic carbocycles. The summed E-state index contributed by atoms with van der Waals surface area (Å²) < 4.78 is 26.2. The molecule has 7 heteroatoms. The molecule has 5 nitrogen and oxygen atoms in total. The topological polar surface area (TPSA) is 72.6 Å². The van der Waals surface area contributed by atoms with E-state index in [1.807, 2.05) is 0 Å². The van der Waals surface area contributed by atoms with Crippen molar-refractivity contribution in [3.05, 3.63) is 22.7 Å². The Labute approximate surface area is 109 Å². The van der Waals surface area contributed by atoms with Crippen molar-refractivity contribution >= 4 is 31.6 Å². The summed E-state index contributed by atoms with van der Waals surface area (Å²) in [5.41, 5.74) is 5.94. The molecule has 1 aromatic rings. The van der Waals surface area contributed by atoms with Crippen molar-refractivity contribution in [3.8, 4) is 0 Å². The number of nitrogens with two attached hydrogens (primary N) is 1. The third-order valence-corrected chi connectivity index (χ3v) is 4.73. The smallest absolute Gasteiger partial charge is 0.267 e. The third-order valence-electron chi connectivity index (χ3n) is 2.49. The summed E-state index contributed by atoms with van der Waals surface area (Å²) >= 11 is 3.24. The van der Waals surface area contributed by atoms with Crippen LogP contribution in [-0.2, 0) is 14.9 Å². The van der Waals surface area contributed by atoms with Gasteiger partial charge in [0, 0.05) is 11.0 Å². The number of halogens is 1. The summed E-state index contributed by atoms with van der Waals surface area (Å²) in [6.07, 6.45) is 1.68. The number of benzene rings is 1. The van der Waals surface area contributed by atoms with Crippen LogP contribution >= 0.6 is 15.9 Å². The number of hydrogen-bond acceptors (Lipinski definition) is 4. The number of rotatable bonds is 2. The molecule has 1 fully saturated rings. The van der Waals surface area contributed by atoms with Crippen molar-refractivity contribution in [2.45, 2.75) is 17.7 Å². The van der Waals surface area contributed by atoms with E-state index in [2.05, 4.69) is 15.9 Å². The van der Waals surface area contributed by atoms with Crippen LogP contribution in [0.25, 0.3) is 0 Å². The summed E-state index contributed by atoms with van der Waals surface area (Å²) in [5, 5.41) is 0. The van der Waals surface area contributed by atoms with E-state index < -0.39 is 10.0 Å². The minimum Gasteiger partial charge on any atom is -0.398 e. The molecule has 2 N–H and O–H groups in total. The monoisotopic (exact) mass is 320 g/mol. The highest BCUT2D eigenvalue weighted by Crippen LogP contribution is 2.27. The van der Waals surface area contributed by atoms with Crippen LogP contribution in [0.2, 0.25) is 0 Å². The van der Waals surface area contributed by atoms with Crippen LogP contribution < -0.4 is 5.73 Å². The van der Waals surface area contributed by atoms with Gasteiger partial charge in [0.1, 0.15) is 4.90 Å². The molecule has 0 bridgehead atoms. The van der Waals surface area contributed by atoms with E-state index in [0.29, 0.717) is 13.2 Å². The lowest BCUT2D eigenvalue weighted by molar-refractivity contribution is -0.108. The zero-order valence-corrected chi connectivity index (χ0v) is 11.5. The van der Waals surface area contributed by atoms with Gasteiger partial charge in [-0.3, -0.25) is 4.84 Å². The summed E-state index contributed by atoms with van der Waals surface area (Å²) in [7, 11) is -3.64. The van der Waals surface area contributed by atoms with Gasteiger partial charge in [-0.1, -0.05) is 20.4 Å². The van der Waals surface area contributed by atoms with Gasteiger partial charge in [0.15, 0.2) is 0 Å². The summed E-state index contributed by atoms with van der Waals surface area (Å²) in [4.78, 5) is 5.25. The predicted octanol–water partition coefficient (Wildman–Crippen LogP) is 1.75. The lowest BCUT2D eigenvalue weighted by atomic mass is 10.3. The van der Waals surface area contributed by atoms with Gasteiger partial charge in [0.05, 0.1) is 12.3 Å². The first-order valence-corrected chi connectivity index (χ1v) is 7.46. The number of sulfonamides is 1. The Hall–Kier alpha value is -0.630. The van der Waals surface area contributed by atoms with E-state index in [0.717, 1.165) is 21.8 Å². The molecule has 17 heavy (non-hydrogen) atoms. The first-order chi connectivity index (χ1) is 8.01. The van der Waals surface area contributed by atoms with Crippen LogP contribution in [-0.4, -0.2) is 26.0 Å². The van der Waals surface area contributed by atoms with E-state index in [-0.39, 0.29) is 10.6 Å². The Bertz CT molecular complexity index is 512. The Morgan fingerprint density at radius 1 is 1.35 bits per heavy atom. The zero-order valence-electron chi connectivity index (χ0n) is 9.10. The Morgan fingerprint density at radius 3 is 2.71 bits per heavy atom. The van der Waals surface area contributed by atoms with E-state index in [1.165, 1.54) is 6.07 Å². The van der Waals surface area contributed by atoms with Crippen LogP contribution in [0, 0.1) is 0 Å². The standard InChI is InChI=1S/C10H13BrN2O3S/c11-8-3-4-10(9(12)7-8)17(14,15)13-5-1-2-6-16-13/h3-4,7H,1-2,5-6,12H2. The molecule has 94 valence electrons. The second-order valence-electron chi connectivity index (χ2n) is 3.75. The Kier molecular flexibility index (Phi) is 3.72. The lowest BCUT2D eigenvalue weighted by Crippen LogP contribution is -2.36. The highest BCUT2D eigenvalue weighted by atomic mass is 79.9. The maximum atomic E-state index is 12.2. The van der Waals surface area contributed by atoms with Gasteiger partial charge in [-0.05, 0) is 31.0 Å². The molecule has 0 atom stereocenters. The summed E-state index contributed by atoms with van der Waals surface area (Å²) in [5.74, 6) is 0. The van der Waals surface area contributed by atoms with Crippen LogP contribution in [0.5, 0.6) is 0 Å². The SMILES string of the molecule is Nc1cc(Br)ccc1S(=O)(=O)N1CCCCO1. The van der Waals surface area contributed by atoms with Gasteiger partial charge in [-0.25, -0.2) is 8.42 Å². The molecule has 0 spiro atoms. The van der Waals surface area contributed by atoms with Crippen molar-refractivity contribution in [1.82, 2.24) is 4.47 Å². The second kappa shape index (κ2) is 4.93. The van der Waals surface area contributed by atoms with Crippen molar-refractivity contribution in [2.24, 2.45) is 0 Å². The van der Waals surface area contributed by atoms with Crippen LogP contribution in [0.4, 0.5) is 5.69 Å². The van der Waals surface area contributed by atoms with Gasteiger partial charge in [-0.15, -0.1) is 0 Å². The van der Waals surface area contributed by atoms with Crippen molar-refractivity contribution < 1.29 is 13.3 Å². The Balaban J connectivity index is 2.37. The van der Waals surface area contributed by atoms with Crippen LogP contribution in [0.15, 0.2) is 27.6 Å². The molecule has 0 amide bonds. The molecule has 0 radical (unpaired) electrons. The molecule has 1 aliphatic rings. The Morgan fingerprint density at radius 2 is 2.12 bits per heavy atom. The first kappa shape index (κ1) is 12.8. The van der Waals surface area contributed by atoms with E-state index in [1.54, 1.807) is 12.1 Å². The van der Waals surface area contributed by atoms with Crippen molar-refractivity contribution in [1.29, 1.82) is 0 Å². The minimum atomic E-state index is -3.64. The average Bonchev–Trinajstić information content (AvgIpc) is 2.29. The van der Waals surface area contributed by atoms with Crippen molar-refractivity contribution in [3.63, 3.8) is 0 Å². The van der Waals surface area contributed by atoms with Crippen LogP contribution in [0.1, 0.15) is 12.8 Å². The molecule has 1 saturated heterocycles. The van der Waals surface area contributed by atoms with Gasteiger partial charge in [0.25, 0.3) is 10.0 Å². The largest absolute Gasteiger partial charge is 0.398 e. The van der Waals surface area contributed by atoms with E-state index in [9.17, 15) is 8.42 Å². The normalized spacial score (nSPS) is 18.2. The number of hydrogen-bond donors (Lipinski definition) is 1. The van der Waals surface area contributed by atoms with Gasteiger partial charge >= 0.3 is 0 Å². The molecule has 1 aliphatic heterocycles. The molecule has 1 aromatic carbocycles. The highest BCUT2D eigenvalue weighted by molar-refractivity contribution is 9.10. The molecule has 1 heterocycles. The fourth-order valence-corrected chi connectivity index (χ4v) is 3.41. The summed E-state index contributed by atoms with van der Waals surface area (Å²) in [6, 6.07) is 4.69. The zero-order chi connectivity index (χ0) is 12.5. The fraction of sp³-hybridized carbons (Fsp3) is 0.400. The quantitative estimate of drug-likeness (QED) is 0.842. The summed E-state index contributed by atoms with van der Waals surface area (Å²) in [6.45, 7) is 0.799. The van der Waals surface area contributed by atoms with Gasteiger partial charge in [-0.2, -0.15) is 0 Å². The molecular formula is C10H13BrN2O3S. The molecule has 0 saturated carbocycles. The molecule has 0 aromatic heterocycles. The van der Waals surface area contributed by atoms with Gasteiger partial charge < -0.3 is 5.73 Å². The predicted molar refractivity (Wildman–Crippen MR) is 67.6 cm³/mol. The van der Waals surface area contributed by atoms with Crippen LogP contribution in [0.3, 0.4) is 0 Å². The molecular weight excluding hydrogens is 308 g/mol. The molecule has 0 unspecified atom stereocenters. The maximum absolute atomic E-state index is 12.2. The number of anilines is 1. The number of nitrogen functional groups attached to an aromatic ring is 1. The van der Waals surface area contributed by atoms with Crippen molar-refractivity contribution in [2.75, 3.05) is 18.9 Å². The first-order valence-electron chi connectivity index (χ1n) is 5.22. The average molecular weight is 321 g/mol. The minimum absolute atomic E-state index is 0.0857. The van der Waals surface area contributed by atoms with E-state index >= 15 is 0 Å². The lowest BCUT2D eigenvalue weighted by Gasteiger charge is -2.25. The number of hydroxylamine groups is 1. The fourth-order valence-electron chi connectivity index (χ4n) is 1.63. The highest BCUT2D eigenvalue weighted by Gasteiger charge is 2.29. The molecule has 2 rings (SSSR count). The number of nitrogens with zero attached hydrogens (tertiary/aromatic N) is 1. The second-order valence-corrected chi connectivity index (χ2v) is 6.47.